The highest BCUT2D eigenvalue weighted by Gasteiger charge is 2.28. The second-order valence-corrected chi connectivity index (χ2v) is 10.3. The van der Waals surface area contributed by atoms with Crippen LogP contribution in [0.4, 0.5) is 0 Å². The lowest BCUT2D eigenvalue weighted by molar-refractivity contribution is -0.161. The summed E-state index contributed by atoms with van der Waals surface area (Å²) in [5.74, 6) is -2.14. The summed E-state index contributed by atoms with van der Waals surface area (Å²) in [5.41, 5.74) is 5.30. The van der Waals surface area contributed by atoms with Gasteiger partial charge in [0.2, 0.25) is 0 Å². The van der Waals surface area contributed by atoms with Gasteiger partial charge in [0.15, 0.2) is 6.10 Å². The third-order valence-electron chi connectivity index (χ3n) is 5.74. The molecule has 0 bridgehead atoms. The van der Waals surface area contributed by atoms with Gasteiger partial charge in [-0.3, -0.25) is 14.4 Å². The molecule has 0 heterocycles. The number of carbonyl (C=O) groups excluding carboxylic acids is 2. The molecule has 0 aromatic carbocycles. The maximum atomic E-state index is 12.3. The lowest BCUT2D eigenvalue weighted by atomic mass is 10.1. The van der Waals surface area contributed by atoms with E-state index in [1.165, 1.54) is 38.5 Å². The number of hydrogen-bond acceptors (Lipinski definition) is 9. The van der Waals surface area contributed by atoms with Crippen molar-refractivity contribution >= 4 is 26.2 Å². The van der Waals surface area contributed by atoms with Crippen LogP contribution in [0.25, 0.3) is 0 Å². The third-order valence-corrected chi connectivity index (χ3v) is 6.46. The molecular formula is C26H49NO9P+. The summed E-state index contributed by atoms with van der Waals surface area (Å²) < 4.78 is 32.4. The van der Waals surface area contributed by atoms with E-state index < -0.39 is 44.9 Å². The van der Waals surface area contributed by atoms with E-state index in [0.29, 0.717) is 6.42 Å². The highest BCUT2D eigenvalue weighted by atomic mass is 31.1. The molecule has 0 spiro atoms. The summed E-state index contributed by atoms with van der Waals surface area (Å²) in [4.78, 5) is 35.1. The van der Waals surface area contributed by atoms with Gasteiger partial charge in [-0.25, -0.2) is 0 Å². The van der Waals surface area contributed by atoms with Crippen LogP contribution in [0, 0.1) is 0 Å². The minimum atomic E-state index is -2.69. The summed E-state index contributed by atoms with van der Waals surface area (Å²) in [5, 5.41) is 8.76. The molecule has 1 unspecified atom stereocenters. The number of nitrogens with two attached hydrogens (primary N) is 1. The molecule has 37 heavy (non-hydrogen) atoms. The maximum absolute atomic E-state index is 12.3. The molecule has 3 atom stereocenters. The van der Waals surface area contributed by atoms with Crippen molar-refractivity contribution in [2.45, 2.75) is 129 Å². The third kappa shape index (κ3) is 23.3. The number of carboxylic acid groups (broad SMARTS) is 1. The standard InChI is InChI=1S/C26H48NO9P/c1-3-5-7-9-11-13-15-17-24(28)33-19-22(20-34-37(32)35-21-23(27)26(30)31)36-25(29)18-16-14-12-10-8-6-4-2/h22-23H,3-21,27H2,1-2H3/p+1/t22-,23+/m1/s1. The summed E-state index contributed by atoms with van der Waals surface area (Å²) in [6.45, 7) is 3.28. The molecule has 11 heteroatoms. The molecule has 0 aromatic heterocycles. The fraction of sp³-hybridized carbons (Fsp3) is 0.885. The first-order valence-electron chi connectivity index (χ1n) is 13.9. The van der Waals surface area contributed by atoms with Crippen LogP contribution >= 0.6 is 8.25 Å². The van der Waals surface area contributed by atoms with Crippen LogP contribution < -0.4 is 5.73 Å². The molecule has 10 nitrogen and oxygen atoms in total. The van der Waals surface area contributed by atoms with Crippen LogP contribution in [-0.4, -0.2) is 55.0 Å². The zero-order valence-corrected chi connectivity index (χ0v) is 23.7. The van der Waals surface area contributed by atoms with Gasteiger partial charge in [0.05, 0.1) is 0 Å². The Bertz CT molecular complexity index is 633. The van der Waals surface area contributed by atoms with Crippen molar-refractivity contribution in [2.24, 2.45) is 5.73 Å². The molecule has 0 saturated heterocycles. The minimum Gasteiger partial charge on any atom is -0.480 e. The largest absolute Gasteiger partial charge is 0.697 e. The first kappa shape index (κ1) is 35.4. The Kier molecular flexibility index (Phi) is 23.6. The van der Waals surface area contributed by atoms with Gasteiger partial charge in [-0.15, -0.1) is 9.05 Å². The van der Waals surface area contributed by atoms with E-state index >= 15 is 0 Å². The van der Waals surface area contributed by atoms with Gasteiger partial charge in [-0.2, -0.15) is 0 Å². The van der Waals surface area contributed by atoms with E-state index in [2.05, 4.69) is 13.8 Å². The molecule has 0 saturated carbocycles. The number of aliphatic carboxylic acids is 1. The van der Waals surface area contributed by atoms with Gasteiger partial charge in [-0.05, 0) is 12.8 Å². The van der Waals surface area contributed by atoms with Crippen LogP contribution in [0.2, 0.25) is 0 Å². The van der Waals surface area contributed by atoms with Gasteiger partial charge in [0.1, 0.15) is 25.9 Å². The number of hydrogen-bond donors (Lipinski definition) is 2. The van der Waals surface area contributed by atoms with Crippen molar-refractivity contribution in [2.75, 3.05) is 19.8 Å². The molecular weight excluding hydrogens is 501 g/mol. The molecule has 0 aliphatic rings. The summed E-state index contributed by atoms with van der Waals surface area (Å²) >= 11 is 0. The van der Waals surface area contributed by atoms with E-state index in [1.807, 2.05) is 0 Å². The fourth-order valence-electron chi connectivity index (χ4n) is 3.47. The summed E-state index contributed by atoms with van der Waals surface area (Å²) in [7, 11) is -2.69. The first-order valence-corrected chi connectivity index (χ1v) is 15.0. The number of rotatable bonds is 26. The second-order valence-electron chi connectivity index (χ2n) is 9.30. The number of carboxylic acids is 1. The predicted octanol–water partition coefficient (Wildman–Crippen LogP) is 5.83. The van der Waals surface area contributed by atoms with Gasteiger partial charge in [0.25, 0.3) is 0 Å². The number of unbranched alkanes of at least 4 members (excludes halogenated alkanes) is 12. The topological polar surface area (TPSA) is 151 Å². The molecule has 0 fully saturated rings. The van der Waals surface area contributed by atoms with Crippen LogP contribution in [-0.2, 0) is 37.5 Å². The quantitative estimate of drug-likeness (QED) is 0.0765. The second kappa shape index (κ2) is 24.7. The van der Waals surface area contributed by atoms with Gasteiger partial charge < -0.3 is 20.3 Å². The van der Waals surface area contributed by atoms with Crippen molar-refractivity contribution in [1.29, 1.82) is 0 Å². The average Bonchev–Trinajstić information content (AvgIpc) is 2.87. The van der Waals surface area contributed by atoms with Gasteiger partial charge in [-0.1, -0.05) is 90.9 Å². The lowest BCUT2D eigenvalue weighted by Crippen LogP contribution is -2.34. The zero-order chi connectivity index (χ0) is 27.7. The monoisotopic (exact) mass is 550 g/mol. The highest BCUT2D eigenvalue weighted by Crippen LogP contribution is 2.24. The summed E-state index contributed by atoms with van der Waals surface area (Å²) in [6.07, 6.45) is 14.5. The van der Waals surface area contributed by atoms with Crippen LogP contribution in [0.5, 0.6) is 0 Å². The van der Waals surface area contributed by atoms with Crippen LogP contribution in [0.3, 0.4) is 0 Å². The van der Waals surface area contributed by atoms with Crippen molar-refractivity contribution in [3.05, 3.63) is 0 Å². The first-order chi connectivity index (χ1) is 17.8. The minimum absolute atomic E-state index is 0.226. The average molecular weight is 551 g/mol. The number of esters is 2. The molecule has 0 aliphatic heterocycles. The van der Waals surface area contributed by atoms with Crippen LogP contribution in [0.1, 0.15) is 117 Å². The Balaban J connectivity index is 4.45. The number of carbonyl (C=O) groups is 3. The SMILES string of the molecule is CCCCCCCCCC(=O)OC[C@H](CO[P+](=O)OC[C@H](N)C(=O)O)OC(=O)CCCCCCCCC. The van der Waals surface area contributed by atoms with Gasteiger partial charge in [0, 0.05) is 17.4 Å². The Morgan fingerprint density at radius 3 is 1.68 bits per heavy atom. The molecule has 0 aliphatic carbocycles. The van der Waals surface area contributed by atoms with E-state index in [-0.39, 0.29) is 26.1 Å². The highest BCUT2D eigenvalue weighted by molar-refractivity contribution is 7.33. The molecule has 0 aromatic rings. The van der Waals surface area contributed by atoms with E-state index in [4.69, 9.17) is 29.4 Å². The van der Waals surface area contributed by atoms with Crippen molar-refractivity contribution in [3.8, 4) is 0 Å². The molecule has 3 N–H and O–H groups in total. The Labute approximate surface area is 223 Å². The van der Waals surface area contributed by atoms with Crippen LogP contribution in [0.15, 0.2) is 0 Å². The lowest BCUT2D eigenvalue weighted by Gasteiger charge is -2.16. The molecule has 0 radical (unpaired) electrons. The Morgan fingerprint density at radius 2 is 1.16 bits per heavy atom. The fourth-order valence-corrected chi connectivity index (χ4v) is 4.11. The molecule has 0 amide bonds. The normalized spacial score (nSPS) is 13.1. The Hall–Kier alpha value is -1.61. The van der Waals surface area contributed by atoms with Crippen molar-refractivity contribution in [1.82, 2.24) is 0 Å². The van der Waals surface area contributed by atoms with E-state index in [0.717, 1.165) is 44.9 Å². The smallest absolute Gasteiger partial charge is 0.480 e. The summed E-state index contributed by atoms with van der Waals surface area (Å²) in [6, 6.07) is -1.34. The van der Waals surface area contributed by atoms with Crippen molar-refractivity contribution < 1.29 is 42.6 Å². The van der Waals surface area contributed by atoms with Crippen molar-refractivity contribution in [3.63, 3.8) is 0 Å². The Morgan fingerprint density at radius 1 is 0.703 bits per heavy atom. The molecule has 0 rings (SSSR count). The number of ether oxygens (including phenoxy) is 2. The maximum Gasteiger partial charge on any atom is 0.697 e. The van der Waals surface area contributed by atoms with E-state index in [9.17, 15) is 18.9 Å². The molecule has 216 valence electrons. The zero-order valence-electron chi connectivity index (χ0n) is 22.8. The predicted molar refractivity (Wildman–Crippen MR) is 141 cm³/mol. The van der Waals surface area contributed by atoms with Gasteiger partial charge >= 0.3 is 26.2 Å². The van der Waals surface area contributed by atoms with E-state index in [1.54, 1.807) is 0 Å².